The van der Waals surface area contributed by atoms with Crippen LogP contribution in [0, 0.1) is 23.7 Å². The lowest BCUT2D eigenvalue weighted by Gasteiger charge is -2.42. The first kappa shape index (κ1) is 22.1. The highest BCUT2D eigenvalue weighted by Gasteiger charge is 2.34. The number of piperidine rings is 2. The molecule has 26 heavy (non-hydrogen) atoms. The fraction of sp³-hybridized carbons (Fsp3) is 1.00. The van der Waals surface area contributed by atoms with Gasteiger partial charge in [0.15, 0.2) is 12.6 Å². The molecule has 2 aliphatic rings. The Morgan fingerprint density at radius 1 is 0.692 bits per heavy atom. The lowest BCUT2D eigenvalue weighted by molar-refractivity contribution is -0.0316. The molecule has 0 spiro atoms. The van der Waals surface area contributed by atoms with Crippen molar-refractivity contribution in [1.82, 2.24) is 9.80 Å². The van der Waals surface area contributed by atoms with E-state index in [1.54, 1.807) is 0 Å². The lowest BCUT2D eigenvalue weighted by Crippen LogP contribution is -2.48. The highest BCUT2D eigenvalue weighted by molar-refractivity contribution is 4.84. The Bertz CT molecular complexity index is 377. The monoisotopic (exact) mass is 372 g/mol. The molecule has 0 bridgehead atoms. The number of nitrogens with zero attached hydrogens (tertiary/aromatic N) is 2. The zero-order chi connectivity index (χ0) is 19.4. The van der Waals surface area contributed by atoms with Gasteiger partial charge in [-0.25, -0.2) is 8.78 Å². The van der Waals surface area contributed by atoms with Crippen molar-refractivity contribution in [3.8, 4) is 0 Å². The predicted octanol–water partition coefficient (Wildman–Crippen LogP) is 5.87. The van der Waals surface area contributed by atoms with Crippen molar-refractivity contribution in [3.05, 3.63) is 0 Å². The highest BCUT2D eigenvalue weighted by Crippen LogP contribution is 2.33. The Morgan fingerprint density at radius 2 is 1.04 bits per heavy atom. The molecule has 2 rings (SSSR count). The van der Waals surface area contributed by atoms with Crippen LogP contribution in [0.4, 0.5) is 8.78 Å². The zero-order valence-corrected chi connectivity index (χ0v) is 17.9. The number of hydrogen-bond donors (Lipinski definition) is 0. The van der Waals surface area contributed by atoms with Crippen LogP contribution < -0.4 is 0 Å². The largest absolute Gasteiger partial charge is 0.271 e. The molecular weight excluding hydrogens is 330 g/mol. The fourth-order valence-corrected chi connectivity index (χ4v) is 4.93. The third-order valence-corrected chi connectivity index (χ3v) is 7.25. The van der Waals surface area contributed by atoms with Gasteiger partial charge in [-0.2, -0.15) is 0 Å². The van der Waals surface area contributed by atoms with Crippen LogP contribution in [0.5, 0.6) is 0 Å². The Morgan fingerprint density at radius 3 is 1.31 bits per heavy atom. The van der Waals surface area contributed by atoms with E-state index in [-0.39, 0.29) is 12.1 Å². The standard InChI is InChI=1S/C22H42F2N2/c1-15(2)19-9-11-25(21(23)13-19)17(5)7-8-18(6)26-12-10-20(16(3)4)14-22(26)24/h15-22H,7-14H2,1-6H3. The van der Waals surface area contributed by atoms with Crippen molar-refractivity contribution in [2.75, 3.05) is 13.1 Å². The van der Waals surface area contributed by atoms with Crippen LogP contribution in [0.1, 0.15) is 80.1 Å². The van der Waals surface area contributed by atoms with Gasteiger partial charge >= 0.3 is 0 Å². The number of alkyl halides is 2. The summed E-state index contributed by atoms with van der Waals surface area (Å²) in [6, 6.07) is 0.485. The summed E-state index contributed by atoms with van der Waals surface area (Å²) in [6.45, 7) is 14.8. The van der Waals surface area contributed by atoms with Crippen LogP contribution in [0.3, 0.4) is 0 Å². The summed E-state index contributed by atoms with van der Waals surface area (Å²) >= 11 is 0. The first-order valence-corrected chi connectivity index (χ1v) is 11.0. The molecule has 154 valence electrons. The van der Waals surface area contributed by atoms with Gasteiger partial charge in [-0.1, -0.05) is 27.7 Å². The van der Waals surface area contributed by atoms with Gasteiger partial charge in [-0.15, -0.1) is 0 Å². The molecule has 0 N–H and O–H groups in total. The van der Waals surface area contributed by atoms with Crippen molar-refractivity contribution in [2.45, 2.75) is 105 Å². The second-order valence-electron chi connectivity index (χ2n) is 9.68. The van der Waals surface area contributed by atoms with Gasteiger partial charge < -0.3 is 0 Å². The van der Waals surface area contributed by atoms with E-state index in [0.717, 1.165) is 38.8 Å². The van der Waals surface area contributed by atoms with E-state index < -0.39 is 12.6 Å². The maximum Gasteiger partial charge on any atom is 0.154 e. The Labute approximate surface area is 160 Å². The third kappa shape index (κ3) is 5.64. The minimum Gasteiger partial charge on any atom is -0.271 e. The first-order chi connectivity index (χ1) is 12.2. The van der Waals surface area contributed by atoms with E-state index in [4.69, 9.17) is 0 Å². The van der Waals surface area contributed by atoms with E-state index in [1.807, 2.05) is 9.80 Å². The van der Waals surface area contributed by atoms with Crippen molar-refractivity contribution in [2.24, 2.45) is 23.7 Å². The average molecular weight is 373 g/mol. The fourth-order valence-electron chi connectivity index (χ4n) is 4.93. The Hall–Kier alpha value is -0.220. The van der Waals surface area contributed by atoms with Gasteiger partial charge in [-0.05, 0) is 76.0 Å². The molecule has 0 amide bonds. The summed E-state index contributed by atoms with van der Waals surface area (Å²) in [4.78, 5) is 4.09. The van der Waals surface area contributed by atoms with E-state index >= 15 is 0 Å². The van der Waals surface area contributed by atoms with Crippen LogP contribution in [0.15, 0.2) is 0 Å². The van der Waals surface area contributed by atoms with E-state index in [9.17, 15) is 8.78 Å². The summed E-state index contributed by atoms with van der Waals surface area (Å²) in [7, 11) is 0. The van der Waals surface area contributed by atoms with Crippen molar-refractivity contribution >= 4 is 0 Å². The van der Waals surface area contributed by atoms with Crippen LogP contribution >= 0.6 is 0 Å². The molecule has 2 fully saturated rings. The van der Waals surface area contributed by atoms with Gasteiger partial charge in [0.25, 0.3) is 0 Å². The van der Waals surface area contributed by atoms with Crippen LogP contribution in [0.2, 0.25) is 0 Å². The lowest BCUT2D eigenvalue weighted by atomic mass is 9.85. The summed E-state index contributed by atoms with van der Waals surface area (Å²) in [6.07, 6.45) is 3.84. The minimum atomic E-state index is -0.808. The maximum atomic E-state index is 14.6. The molecule has 6 unspecified atom stereocenters. The molecule has 0 aromatic rings. The maximum absolute atomic E-state index is 14.6. The number of halogens is 2. The summed E-state index contributed by atoms with van der Waals surface area (Å²) in [5.41, 5.74) is 0. The van der Waals surface area contributed by atoms with Crippen LogP contribution in [-0.4, -0.2) is 47.6 Å². The van der Waals surface area contributed by atoms with Crippen LogP contribution in [0.25, 0.3) is 0 Å². The molecule has 2 nitrogen and oxygen atoms in total. The molecule has 0 saturated carbocycles. The molecule has 0 aromatic heterocycles. The summed E-state index contributed by atoms with van der Waals surface area (Å²) in [5.74, 6) is 2.17. The van der Waals surface area contributed by atoms with Crippen LogP contribution in [-0.2, 0) is 0 Å². The second kappa shape index (κ2) is 9.82. The smallest absolute Gasteiger partial charge is 0.154 e. The van der Waals surface area contributed by atoms with Gasteiger partial charge in [0.2, 0.25) is 0 Å². The van der Waals surface area contributed by atoms with E-state index in [1.165, 1.54) is 0 Å². The Balaban J connectivity index is 1.77. The van der Waals surface area contributed by atoms with E-state index in [2.05, 4.69) is 41.5 Å². The number of rotatable bonds is 7. The minimum absolute atomic E-state index is 0.242. The molecule has 0 radical (unpaired) electrons. The normalized spacial score (nSPS) is 34.4. The topological polar surface area (TPSA) is 6.48 Å². The molecule has 0 aromatic carbocycles. The van der Waals surface area contributed by atoms with Gasteiger partial charge in [0.05, 0.1) is 0 Å². The van der Waals surface area contributed by atoms with Gasteiger partial charge in [0, 0.05) is 25.2 Å². The predicted molar refractivity (Wildman–Crippen MR) is 106 cm³/mol. The Kier molecular flexibility index (Phi) is 8.33. The number of hydrogen-bond acceptors (Lipinski definition) is 2. The highest BCUT2D eigenvalue weighted by atomic mass is 19.1. The molecule has 6 atom stereocenters. The van der Waals surface area contributed by atoms with Crippen molar-refractivity contribution in [3.63, 3.8) is 0 Å². The average Bonchev–Trinajstić information content (AvgIpc) is 2.58. The summed E-state index contributed by atoms with van der Waals surface area (Å²) < 4.78 is 29.2. The van der Waals surface area contributed by atoms with Gasteiger partial charge in [-0.3, -0.25) is 9.80 Å². The second-order valence-corrected chi connectivity index (χ2v) is 9.68. The molecule has 4 heteroatoms. The quantitative estimate of drug-likeness (QED) is 0.516. The zero-order valence-electron chi connectivity index (χ0n) is 17.9. The summed E-state index contributed by atoms with van der Waals surface area (Å²) in [5, 5.41) is 0. The molecule has 2 heterocycles. The molecule has 2 aliphatic heterocycles. The van der Waals surface area contributed by atoms with Gasteiger partial charge in [0.1, 0.15) is 0 Å². The SMILES string of the molecule is CC(C)C1CCN(C(C)CCC(C)N2CCC(C(C)C)CC2F)C(F)C1. The molecule has 2 saturated heterocycles. The van der Waals surface area contributed by atoms with Crippen molar-refractivity contribution < 1.29 is 8.78 Å². The first-order valence-electron chi connectivity index (χ1n) is 11.0. The van der Waals surface area contributed by atoms with Crippen molar-refractivity contribution in [1.29, 1.82) is 0 Å². The number of likely N-dealkylation sites (tertiary alicyclic amines) is 2. The molecular formula is C22H42F2N2. The third-order valence-electron chi connectivity index (χ3n) is 7.25. The van der Waals surface area contributed by atoms with E-state index in [0.29, 0.717) is 36.5 Å². The molecule has 0 aliphatic carbocycles.